The number of rotatable bonds is 2. The van der Waals surface area contributed by atoms with Crippen molar-refractivity contribution >= 4 is 17.6 Å². The number of piperidine rings is 1. The van der Waals surface area contributed by atoms with Crippen molar-refractivity contribution in [1.82, 2.24) is 5.01 Å². The summed E-state index contributed by atoms with van der Waals surface area (Å²) in [6.07, 6.45) is 10.2. The third kappa shape index (κ3) is 3.23. The lowest BCUT2D eigenvalue weighted by Gasteiger charge is -2.39. The van der Waals surface area contributed by atoms with Crippen molar-refractivity contribution in [1.29, 1.82) is 5.26 Å². The number of aliphatic hydroxyl groups is 1. The van der Waals surface area contributed by atoms with Crippen LogP contribution in [0.3, 0.4) is 0 Å². The molecule has 4 aliphatic heterocycles. The number of hydrogen-bond donors (Lipinski definition) is 1. The Morgan fingerprint density at radius 2 is 2.10 bits per heavy atom. The lowest BCUT2D eigenvalue weighted by molar-refractivity contribution is -0.000582. The molecule has 1 atom stereocenters. The van der Waals surface area contributed by atoms with Crippen molar-refractivity contribution in [2.45, 2.75) is 31.8 Å². The highest BCUT2D eigenvalue weighted by Gasteiger charge is 2.34. The molecule has 0 aromatic heterocycles. The number of fused-ring (bicyclic) bond motifs is 2. The highest BCUT2D eigenvalue weighted by Crippen LogP contribution is 2.43. The Bertz CT molecular complexity index is 951. The van der Waals surface area contributed by atoms with E-state index in [9.17, 15) is 10.4 Å². The minimum atomic E-state index is -0.860. The molecule has 1 fully saturated rings. The quantitative estimate of drug-likeness (QED) is 0.835. The second-order valence-electron chi connectivity index (χ2n) is 8.41. The second kappa shape index (κ2) is 6.82. The van der Waals surface area contributed by atoms with Gasteiger partial charge >= 0.3 is 0 Å². The van der Waals surface area contributed by atoms with E-state index in [-0.39, 0.29) is 5.92 Å². The summed E-state index contributed by atoms with van der Waals surface area (Å²) in [6.45, 7) is 4.55. The molecule has 1 aromatic rings. The highest BCUT2D eigenvalue weighted by molar-refractivity contribution is 5.78. The van der Waals surface area contributed by atoms with Gasteiger partial charge in [-0.1, -0.05) is 0 Å². The number of benzene rings is 1. The first-order valence-electron chi connectivity index (χ1n) is 10.2. The minimum Gasteiger partial charge on any atom is -0.490 e. The standard InChI is InChI=1S/C22H25N5O2/c1-22(28)13-17-11-19(26-10-5-21-24-6-2-7-27(21)26)18(12-20(17)29-15-22)25-8-3-16(14-23)4-9-25/h2,5-7,11-12,16,28H,3-4,8-10,13,15H2,1H3/t22-/m0/s1. The number of ether oxygens (including phenoxy) is 1. The van der Waals surface area contributed by atoms with Crippen molar-refractivity contribution in [3.05, 3.63) is 41.9 Å². The zero-order chi connectivity index (χ0) is 20.0. The van der Waals surface area contributed by atoms with E-state index in [1.54, 1.807) is 6.21 Å². The van der Waals surface area contributed by atoms with Crippen LogP contribution in [-0.4, -0.2) is 48.2 Å². The first kappa shape index (κ1) is 18.1. The summed E-state index contributed by atoms with van der Waals surface area (Å²) in [5.41, 5.74) is 2.35. The van der Waals surface area contributed by atoms with E-state index in [1.165, 1.54) is 0 Å². The van der Waals surface area contributed by atoms with E-state index in [2.05, 4.69) is 44.2 Å². The van der Waals surface area contributed by atoms with Gasteiger partial charge in [-0.05, 0) is 43.5 Å². The smallest absolute Gasteiger partial charge is 0.149 e. The Morgan fingerprint density at radius 3 is 2.90 bits per heavy atom. The first-order valence-corrected chi connectivity index (χ1v) is 10.2. The van der Waals surface area contributed by atoms with Gasteiger partial charge in [0.05, 0.1) is 29.6 Å². The second-order valence-corrected chi connectivity index (χ2v) is 8.41. The van der Waals surface area contributed by atoms with Crippen LogP contribution >= 0.6 is 0 Å². The van der Waals surface area contributed by atoms with Crippen molar-refractivity contribution in [3.8, 4) is 11.8 Å². The van der Waals surface area contributed by atoms with Gasteiger partial charge in [0, 0.05) is 43.9 Å². The van der Waals surface area contributed by atoms with Crippen molar-refractivity contribution in [2.75, 3.05) is 36.1 Å². The van der Waals surface area contributed by atoms with Crippen LogP contribution < -0.4 is 14.6 Å². The van der Waals surface area contributed by atoms with Gasteiger partial charge in [0.2, 0.25) is 0 Å². The van der Waals surface area contributed by atoms with Crippen LogP contribution in [0.25, 0.3) is 0 Å². The summed E-state index contributed by atoms with van der Waals surface area (Å²) in [7, 11) is 0. The fraction of sp³-hybridized carbons (Fsp3) is 0.455. The number of allylic oxidation sites excluding steroid dienone is 1. The number of nitrogens with zero attached hydrogens (tertiary/aromatic N) is 5. The van der Waals surface area contributed by atoms with Crippen LogP contribution in [0, 0.1) is 17.2 Å². The van der Waals surface area contributed by atoms with Gasteiger partial charge in [-0.2, -0.15) is 5.26 Å². The van der Waals surface area contributed by atoms with Gasteiger partial charge in [0.25, 0.3) is 0 Å². The van der Waals surface area contributed by atoms with Gasteiger partial charge in [-0.3, -0.25) is 5.01 Å². The number of nitriles is 1. The molecule has 4 aliphatic rings. The molecule has 5 rings (SSSR count). The molecule has 0 radical (unpaired) electrons. The van der Waals surface area contributed by atoms with Crippen molar-refractivity contribution in [3.63, 3.8) is 0 Å². The molecule has 0 aliphatic carbocycles. The fourth-order valence-corrected chi connectivity index (χ4v) is 4.47. The zero-order valence-corrected chi connectivity index (χ0v) is 16.6. The summed E-state index contributed by atoms with van der Waals surface area (Å²) in [5, 5.41) is 24.0. The lowest BCUT2D eigenvalue weighted by atomic mass is 9.92. The molecule has 0 saturated carbocycles. The Balaban J connectivity index is 1.54. The third-order valence-electron chi connectivity index (χ3n) is 6.03. The topological polar surface area (TPSA) is 75.3 Å². The van der Waals surface area contributed by atoms with Crippen molar-refractivity contribution in [2.24, 2.45) is 10.9 Å². The molecular formula is C22H25N5O2. The maximum absolute atomic E-state index is 10.5. The van der Waals surface area contributed by atoms with E-state index in [4.69, 9.17) is 4.74 Å². The monoisotopic (exact) mass is 391 g/mol. The molecule has 1 N–H and O–H groups in total. The van der Waals surface area contributed by atoms with E-state index in [0.29, 0.717) is 13.0 Å². The summed E-state index contributed by atoms with van der Waals surface area (Å²) in [4.78, 5) is 6.82. The van der Waals surface area contributed by atoms with Crippen LogP contribution in [0.5, 0.6) is 5.75 Å². The third-order valence-corrected chi connectivity index (χ3v) is 6.03. The average molecular weight is 391 g/mol. The average Bonchev–Trinajstić information content (AvgIpc) is 3.16. The maximum Gasteiger partial charge on any atom is 0.149 e. The Hall–Kier alpha value is -2.98. The van der Waals surface area contributed by atoms with Crippen LogP contribution in [0.15, 0.2) is 41.3 Å². The van der Waals surface area contributed by atoms with Crippen LogP contribution in [-0.2, 0) is 6.42 Å². The van der Waals surface area contributed by atoms with Crippen LogP contribution in [0.4, 0.5) is 11.4 Å². The lowest BCUT2D eigenvalue weighted by Crippen LogP contribution is -2.40. The Kier molecular flexibility index (Phi) is 4.25. The van der Waals surface area contributed by atoms with Gasteiger partial charge in [0.15, 0.2) is 0 Å². The van der Waals surface area contributed by atoms with E-state index in [0.717, 1.165) is 61.0 Å². The maximum atomic E-state index is 10.5. The van der Waals surface area contributed by atoms with Crippen LogP contribution in [0.1, 0.15) is 25.3 Å². The van der Waals surface area contributed by atoms with E-state index >= 15 is 0 Å². The highest BCUT2D eigenvalue weighted by atomic mass is 16.5. The van der Waals surface area contributed by atoms with Gasteiger partial charge < -0.3 is 14.7 Å². The van der Waals surface area contributed by atoms with Gasteiger partial charge in [0.1, 0.15) is 18.2 Å². The predicted octanol–water partition coefficient (Wildman–Crippen LogP) is 2.59. The van der Waals surface area contributed by atoms with Crippen molar-refractivity contribution < 1.29 is 9.84 Å². The molecule has 29 heavy (non-hydrogen) atoms. The van der Waals surface area contributed by atoms with E-state index < -0.39 is 5.60 Å². The molecule has 1 saturated heterocycles. The summed E-state index contributed by atoms with van der Waals surface area (Å²) in [6, 6.07) is 6.67. The molecule has 0 unspecified atom stereocenters. The molecule has 0 spiro atoms. The Labute approximate surface area is 170 Å². The van der Waals surface area contributed by atoms with Crippen LogP contribution in [0.2, 0.25) is 0 Å². The summed E-state index contributed by atoms with van der Waals surface area (Å²) >= 11 is 0. The zero-order valence-electron chi connectivity index (χ0n) is 16.6. The first-order chi connectivity index (χ1) is 14.0. The fourth-order valence-electron chi connectivity index (χ4n) is 4.47. The molecule has 4 heterocycles. The van der Waals surface area contributed by atoms with Gasteiger partial charge in [-0.25, -0.2) is 10.0 Å². The molecule has 0 amide bonds. The number of anilines is 2. The van der Waals surface area contributed by atoms with E-state index in [1.807, 2.05) is 19.2 Å². The molecule has 7 heteroatoms. The molecule has 0 bridgehead atoms. The predicted molar refractivity (Wildman–Crippen MR) is 112 cm³/mol. The normalized spacial score (nSPS) is 26.0. The number of aliphatic imine (C=N–C) groups is 1. The van der Waals surface area contributed by atoms with Gasteiger partial charge in [-0.15, -0.1) is 0 Å². The molecule has 1 aromatic carbocycles. The molecule has 7 nitrogen and oxygen atoms in total. The summed E-state index contributed by atoms with van der Waals surface area (Å²) in [5.74, 6) is 1.90. The largest absolute Gasteiger partial charge is 0.490 e. The minimum absolute atomic E-state index is 0.137. The summed E-state index contributed by atoms with van der Waals surface area (Å²) < 4.78 is 5.93. The number of hydrogen-bond acceptors (Lipinski definition) is 7. The molecule has 150 valence electrons. The molecular weight excluding hydrogens is 366 g/mol. The SMILES string of the molecule is C[C@@]1(O)COc2cc(N3CCC(C#N)CC3)c(N3CC=C4N=CC=CN43)cc2C1. The number of hydrazine groups is 1. The Morgan fingerprint density at radius 1 is 1.28 bits per heavy atom.